The van der Waals surface area contributed by atoms with E-state index in [1.807, 2.05) is 0 Å². The Bertz CT molecular complexity index is 287. The van der Waals surface area contributed by atoms with E-state index in [0.29, 0.717) is 13.0 Å². The average Bonchev–Trinajstić information content (AvgIpc) is 2.80. The Balaban J connectivity index is 1.94. The third-order valence-corrected chi connectivity index (χ3v) is 3.55. The molecule has 2 atom stereocenters. The number of carbonyl (C=O) groups is 1. The highest BCUT2D eigenvalue weighted by Gasteiger charge is 2.43. The van der Waals surface area contributed by atoms with Gasteiger partial charge >= 0.3 is 6.18 Å². The van der Waals surface area contributed by atoms with Crippen molar-refractivity contribution in [2.45, 2.75) is 37.9 Å². The molecule has 1 amide bonds. The molecule has 0 spiro atoms. The van der Waals surface area contributed by atoms with E-state index in [0.717, 1.165) is 19.4 Å². The van der Waals surface area contributed by atoms with Gasteiger partial charge in [0.05, 0.1) is 12.0 Å². The Kier molecular flexibility index (Phi) is 3.61. The van der Waals surface area contributed by atoms with E-state index in [1.54, 1.807) is 0 Å². The molecule has 1 unspecified atom stereocenters. The molecule has 2 heterocycles. The Morgan fingerprint density at radius 3 is 2.59 bits per heavy atom. The molecule has 0 radical (unpaired) electrons. The number of halogens is 3. The third kappa shape index (κ3) is 2.91. The van der Waals surface area contributed by atoms with Crippen molar-refractivity contribution in [2.24, 2.45) is 5.92 Å². The van der Waals surface area contributed by atoms with Gasteiger partial charge in [-0.25, -0.2) is 0 Å². The van der Waals surface area contributed by atoms with Crippen LogP contribution in [-0.2, 0) is 4.79 Å². The molecule has 2 aliphatic heterocycles. The van der Waals surface area contributed by atoms with Gasteiger partial charge in [-0.05, 0) is 32.2 Å². The van der Waals surface area contributed by atoms with Gasteiger partial charge in [-0.3, -0.25) is 4.79 Å². The van der Waals surface area contributed by atoms with E-state index in [9.17, 15) is 18.0 Å². The maximum Gasteiger partial charge on any atom is 0.393 e. The zero-order valence-corrected chi connectivity index (χ0v) is 9.59. The number of hydrogen-bond donors (Lipinski definition) is 1. The topological polar surface area (TPSA) is 32.3 Å². The van der Waals surface area contributed by atoms with E-state index in [4.69, 9.17) is 0 Å². The van der Waals surface area contributed by atoms with Gasteiger partial charge in [-0.15, -0.1) is 0 Å². The van der Waals surface area contributed by atoms with E-state index in [2.05, 4.69) is 5.32 Å². The molecule has 17 heavy (non-hydrogen) atoms. The predicted octanol–water partition coefficient (Wildman–Crippen LogP) is 1.54. The lowest BCUT2D eigenvalue weighted by Gasteiger charge is -2.35. The van der Waals surface area contributed by atoms with Crippen LogP contribution in [0.3, 0.4) is 0 Å². The Morgan fingerprint density at radius 1 is 1.24 bits per heavy atom. The first-order valence-corrected chi connectivity index (χ1v) is 6.07. The largest absolute Gasteiger partial charge is 0.393 e. The lowest BCUT2D eigenvalue weighted by Crippen LogP contribution is -2.50. The molecule has 0 saturated carbocycles. The maximum atomic E-state index is 12.6. The summed E-state index contributed by atoms with van der Waals surface area (Å²) in [6, 6.07) is -0.262. The number of rotatable bonds is 1. The van der Waals surface area contributed by atoms with Crippen molar-refractivity contribution in [3.63, 3.8) is 0 Å². The van der Waals surface area contributed by atoms with Crippen molar-refractivity contribution >= 4 is 5.91 Å². The van der Waals surface area contributed by atoms with Crippen LogP contribution in [0.1, 0.15) is 25.7 Å². The number of hydrogen-bond acceptors (Lipinski definition) is 2. The zero-order chi connectivity index (χ0) is 12.5. The second kappa shape index (κ2) is 4.84. The van der Waals surface area contributed by atoms with Crippen LogP contribution in [0.15, 0.2) is 0 Å². The Morgan fingerprint density at radius 2 is 2.00 bits per heavy atom. The van der Waals surface area contributed by atoms with E-state index in [1.165, 1.54) is 4.90 Å². The number of nitrogens with zero attached hydrogens (tertiary/aromatic N) is 1. The number of carbonyl (C=O) groups excluding carboxylic acids is 1. The van der Waals surface area contributed by atoms with Gasteiger partial charge in [-0.2, -0.15) is 13.2 Å². The average molecular weight is 250 g/mol. The maximum absolute atomic E-state index is 12.6. The van der Waals surface area contributed by atoms with E-state index >= 15 is 0 Å². The summed E-state index contributed by atoms with van der Waals surface area (Å²) in [5.74, 6) is -1.50. The summed E-state index contributed by atoms with van der Waals surface area (Å²) >= 11 is 0. The number of alkyl halides is 3. The predicted molar refractivity (Wildman–Crippen MR) is 56.4 cm³/mol. The number of likely N-dealkylation sites (tertiary alicyclic amines) is 1. The van der Waals surface area contributed by atoms with Gasteiger partial charge in [-0.1, -0.05) is 0 Å². The van der Waals surface area contributed by atoms with Crippen LogP contribution in [0.25, 0.3) is 0 Å². The normalized spacial score (nSPS) is 30.6. The summed E-state index contributed by atoms with van der Waals surface area (Å²) in [7, 11) is 0. The fourth-order valence-corrected chi connectivity index (χ4v) is 2.56. The van der Waals surface area contributed by atoms with Crippen LogP contribution < -0.4 is 5.32 Å². The Hall–Kier alpha value is -0.780. The van der Waals surface area contributed by atoms with Gasteiger partial charge in [0, 0.05) is 13.1 Å². The summed E-state index contributed by atoms with van der Waals surface area (Å²) in [6.45, 7) is 1.08. The Labute approximate surface area is 98.3 Å². The molecule has 2 saturated heterocycles. The summed E-state index contributed by atoms with van der Waals surface area (Å²) in [4.78, 5) is 13.3. The van der Waals surface area contributed by atoms with Crippen molar-refractivity contribution in [3.05, 3.63) is 0 Å². The standard InChI is InChI=1S/C11H17F3N2O/c12-11(13,14)8-3-2-6-16(7-8)10(17)9-4-1-5-15-9/h8-9,15H,1-7H2/t8?,9-/m1/s1. The second-order valence-corrected chi connectivity index (χ2v) is 4.81. The molecule has 0 aromatic heterocycles. The summed E-state index contributed by atoms with van der Waals surface area (Å²) < 4.78 is 37.8. The smallest absolute Gasteiger partial charge is 0.341 e. The SMILES string of the molecule is O=C([C@H]1CCCN1)N1CCCC(C(F)(F)F)C1. The molecule has 3 nitrogen and oxygen atoms in total. The second-order valence-electron chi connectivity index (χ2n) is 4.81. The first-order chi connectivity index (χ1) is 7.98. The van der Waals surface area contributed by atoms with Crippen molar-refractivity contribution in [3.8, 4) is 0 Å². The highest BCUT2D eigenvalue weighted by molar-refractivity contribution is 5.82. The first kappa shape index (κ1) is 12.7. The molecule has 1 N–H and O–H groups in total. The molecule has 0 aromatic carbocycles. The van der Waals surface area contributed by atoms with Crippen LogP contribution in [0.5, 0.6) is 0 Å². The summed E-state index contributed by atoms with van der Waals surface area (Å²) in [6.07, 6.45) is -1.92. The van der Waals surface area contributed by atoms with Gasteiger partial charge in [0.15, 0.2) is 0 Å². The van der Waals surface area contributed by atoms with Gasteiger partial charge in [0.25, 0.3) is 0 Å². The first-order valence-electron chi connectivity index (χ1n) is 6.07. The summed E-state index contributed by atoms with van der Waals surface area (Å²) in [5.41, 5.74) is 0. The zero-order valence-electron chi connectivity index (χ0n) is 9.59. The third-order valence-electron chi connectivity index (χ3n) is 3.55. The molecule has 0 aromatic rings. The van der Waals surface area contributed by atoms with Crippen LogP contribution in [-0.4, -0.2) is 42.7 Å². The van der Waals surface area contributed by atoms with Crippen LogP contribution in [0.4, 0.5) is 13.2 Å². The highest BCUT2D eigenvalue weighted by atomic mass is 19.4. The van der Waals surface area contributed by atoms with Crippen LogP contribution in [0, 0.1) is 5.92 Å². The molecule has 6 heteroatoms. The molecule has 2 fully saturated rings. The number of nitrogens with one attached hydrogen (secondary N) is 1. The molecular formula is C11H17F3N2O. The number of amides is 1. The lowest BCUT2D eigenvalue weighted by atomic mass is 9.97. The van der Waals surface area contributed by atoms with Crippen LogP contribution in [0.2, 0.25) is 0 Å². The fourth-order valence-electron chi connectivity index (χ4n) is 2.56. The van der Waals surface area contributed by atoms with Gasteiger partial charge in [0.2, 0.25) is 5.91 Å². The minimum Gasteiger partial charge on any atom is -0.341 e. The minimum absolute atomic E-state index is 0.144. The van der Waals surface area contributed by atoms with Gasteiger partial charge in [0.1, 0.15) is 0 Å². The van der Waals surface area contributed by atoms with Gasteiger partial charge < -0.3 is 10.2 Å². The highest BCUT2D eigenvalue weighted by Crippen LogP contribution is 2.33. The number of piperidine rings is 1. The van der Waals surface area contributed by atoms with E-state index in [-0.39, 0.29) is 24.9 Å². The van der Waals surface area contributed by atoms with Crippen molar-refractivity contribution in [1.29, 1.82) is 0 Å². The lowest BCUT2D eigenvalue weighted by molar-refractivity contribution is -0.188. The molecule has 98 valence electrons. The quantitative estimate of drug-likeness (QED) is 0.765. The molecular weight excluding hydrogens is 233 g/mol. The van der Waals surface area contributed by atoms with Crippen LogP contribution >= 0.6 is 0 Å². The molecule has 2 rings (SSSR count). The summed E-state index contributed by atoms with van der Waals surface area (Å²) in [5, 5.41) is 3.03. The molecule has 2 aliphatic rings. The van der Waals surface area contributed by atoms with Crippen molar-refractivity contribution < 1.29 is 18.0 Å². The van der Waals surface area contributed by atoms with Crippen molar-refractivity contribution in [2.75, 3.05) is 19.6 Å². The van der Waals surface area contributed by atoms with E-state index < -0.39 is 12.1 Å². The minimum atomic E-state index is -4.18. The van der Waals surface area contributed by atoms with Crippen molar-refractivity contribution in [1.82, 2.24) is 10.2 Å². The fraction of sp³-hybridized carbons (Fsp3) is 0.909. The molecule has 0 bridgehead atoms. The monoisotopic (exact) mass is 250 g/mol. The molecule has 0 aliphatic carbocycles.